The number of ether oxygens (including phenoxy) is 2. The number of para-hydroxylation sites is 1. The first-order valence-corrected chi connectivity index (χ1v) is 9.44. The molecule has 0 unspecified atom stereocenters. The van der Waals surface area contributed by atoms with Crippen LogP contribution in [0.3, 0.4) is 0 Å². The van der Waals surface area contributed by atoms with Gasteiger partial charge in [-0.2, -0.15) is 0 Å². The Labute approximate surface area is 157 Å². The van der Waals surface area contributed by atoms with Crippen molar-refractivity contribution in [2.75, 3.05) is 13.7 Å². The van der Waals surface area contributed by atoms with E-state index in [1.807, 2.05) is 41.3 Å². The van der Waals surface area contributed by atoms with Gasteiger partial charge >= 0.3 is 0 Å². The lowest BCUT2D eigenvalue weighted by molar-refractivity contribution is -0.140. The molecular weight excluding hydrogens is 340 g/mol. The van der Waals surface area contributed by atoms with E-state index in [1.165, 1.54) is 16.8 Å². The zero-order chi connectivity index (χ0) is 18.4. The smallest absolute Gasteiger partial charge is 0.263 e. The second-order valence-corrected chi connectivity index (χ2v) is 7.26. The quantitative estimate of drug-likeness (QED) is 0.760. The van der Waals surface area contributed by atoms with Gasteiger partial charge < -0.3 is 19.4 Å². The molecular formula is C22H22N2O3. The summed E-state index contributed by atoms with van der Waals surface area (Å²) in [5.74, 6) is 1.77. The van der Waals surface area contributed by atoms with Crippen LogP contribution in [0.2, 0.25) is 0 Å². The summed E-state index contributed by atoms with van der Waals surface area (Å²) in [5, 5.41) is 1.14. The largest absolute Gasteiger partial charge is 0.497 e. The van der Waals surface area contributed by atoms with E-state index < -0.39 is 0 Å². The van der Waals surface area contributed by atoms with Crippen molar-refractivity contribution in [3.05, 3.63) is 59.3 Å². The number of amides is 1. The Hall–Kier alpha value is -2.95. The van der Waals surface area contributed by atoms with Gasteiger partial charge in [0.1, 0.15) is 11.5 Å². The molecule has 0 fully saturated rings. The van der Waals surface area contributed by atoms with Crippen molar-refractivity contribution in [1.29, 1.82) is 0 Å². The van der Waals surface area contributed by atoms with Gasteiger partial charge in [-0.3, -0.25) is 4.79 Å². The molecule has 0 saturated heterocycles. The highest BCUT2D eigenvalue weighted by Gasteiger charge is 2.32. The Morgan fingerprint density at radius 2 is 2.11 bits per heavy atom. The number of methoxy groups -OCH3 is 1. The Morgan fingerprint density at radius 1 is 1.22 bits per heavy atom. The molecule has 2 aliphatic heterocycles. The van der Waals surface area contributed by atoms with E-state index in [-0.39, 0.29) is 12.0 Å². The third-order valence-electron chi connectivity index (χ3n) is 5.69. The van der Waals surface area contributed by atoms with Crippen molar-refractivity contribution in [1.82, 2.24) is 9.88 Å². The molecule has 2 aromatic carbocycles. The molecule has 1 N–H and O–H groups in total. The number of nitrogens with one attached hydrogen (secondary N) is 1. The highest BCUT2D eigenvalue weighted by atomic mass is 16.5. The maximum atomic E-state index is 13.1. The van der Waals surface area contributed by atoms with Crippen molar-refractivity contribution in [3.8, 4) is 11.5 Å². The Morgan fingerprint density at radius 3 is 3.00 bits per heavy atom. The predicted octanol–water partition coefficient (Wildman–Crippen LogP) is 3.46. The molecule has 5 nitrogen and oxygen atoms in total. The lowest BCUT2D eigenvalue weighted by atomic mass is 9.99. The molecule has 3 aromatic rings. The number of aromatic amines is 1. The van der Waals surface area contributed by atoms with Gasteiger partial charge in [-0.1, -0.05) is 18.2 Å². The first-order valence-electron chi connectivity index (χ1n) is 9.44. The molecule has 138 valence electrons. The van der Waals surface area contributed by atoms with E-state index in [0.717, 1.165) is 48.2 Å². The number of benzene rings is 2. The summed E-state index contributed by atoms with van der Waals surface area (Å²) in [6.07, 6.45) is 2.07. The monoisotopic (exact) mass is 362 g/mol. The summed E-state index contributed by atoms with van der Waals surface area (Å²) in [6, 6.07) is 14.0. The number of aromatic nitrogens is 1. The molecule has 5 rings (SSSR count). The number of hydrogen-bond acceptors (Lipinski definition) is 3. The second kappa shape index (κ2) is 6.34. The minimum atomic E-state index is -0.388. The standard InChI is InChI=1S/C22H22N2O3/c1-26-15-7-8-18-16(12-15)17-13-24(11-10-19(17)23-18)22(25)21-9-6-14-4-2-3-5-20(14)27-21/h2-5,7-8,12,21,23H,6,9-11,13H2,1H3/t21-/m1/s1. The van der Waals surface area contributed by atoms with Crippen LogP contribution in [-0.2, 0) is 24.2 Å². The summed E-state index contributed by atoms with van der Waals surface area (Å²) in [6.45, 7) is 1.33. The number of aryl methyl sites for hydroxylation is 1. The first-order chi connectivity index (χ1) is 13.2. The van der Waals surface area contributed by atoms with E-state index >= 15 is 0 Å². The van der Waals surface area contributed by atoms with Crippen LogP contribution in [0.1, 0.15) is 23.2 Å². The highest BCUT2D eigenvalue weighted by Crippen LogP contribution is 2.32. The lowest BCUT2D eigenvalue weighted by Crippen LogP contribution is -2.45. The Kier molecular flexibility index (Phi) is 3.81. The average Bonchev–Trinajstić information content (AvgIpc) is 3.09. The molecule has 5 heteroatoms. The highest BCUT2D eigenvalue weighted by molar-refractivity contribution is 5.88. The number of hydrogen-bond donors (Lipinski definition) is 1. The molecule has 1 aromatic heterocycles. The van der Waals surface area contributed by atoms with E-state index in [9.17, 15) is 4.79 Å². The van der Waals surface area contributed by atoms with Gasteiger partial charge in [0, 0.05) is 41.7 Å². The molecule has 3 heterocycles. The van der Waals surface area contributed by atoms with Crippen LogP contribution in [-0.4, -0.2) is 35.5 Å². The normalized spacial score (nSPS) is 18.6. The maximum Gasteiger partial charge on any atom is 0.263 e. The molecule has 1 amide bonds. The van der Waals surface area contributed by atoms with Crippen LogP contribution in [0.25, 0.3) is 10.9 Å². The van der Waals surface area contributed by atoms with E-state index in [1.54, 1.807) is 7.11 Å². The second-order valence-electron chi connectivity index (χ2n) is 7.26. The first kappa shape index (κ1) is 16.2. The lowest BCUT2D eigenvalue weighted by Gasteiger charge is -2.33. The minimum Gasteiger partial charge on any atom is -0.497 e. The maximum absolute atomic E-state index is 13.1. The van der Waals surface area contributed by atoms with Gasteiger partial charge in [-0.05, 0) is 42.7 Å². The average molecular weight is 362 g/mol. The van der Waals surface area contributed by atoms with Crippen molar-refractivity contribution in [3.63, 3.8) is 0 Å². The third-order valence-corrected chi connectivity index (χ3v) is 5.69. The van der Waals surface area contributed by atoms with Crippen molar-refractivity contribution in [2.45, 2.75) is 31.9 Å². The van der Waals surface area contributed by atoms with Crippen molar-refractivity contribution >= 4 is 16.8 Å². The molecule has 0 spiro atoms. The molecule has 0 bridgehead atoms. The SMILES string of the molecule is COc1ccc2[nH]c3c(c2c1)CN(C(=O)[C@H]1CCc2ccccc2O1)CC3. The molecule has 2 aliphatic rings. The predicted molar refractivity (Wildman–Crippen MR) is 103 cm³/mol. The Bertz CT molecular complexity index is 1020. The van der Waals surface area contributed by atoms with Crippen LogP contribution < -0.4 is 9.47 Å². The zero-order valence-electron chi connectivity index (χ0n) is 15.3. The number of carbonyl (C=O) groups is 1. The summed E-state index contributed by atoms with van der Waals surface area (Å²) >= 11 is 0. The molecule has 1 atom stereocenters. The Balaban J connectivity index is 1.40. The molecule has 0 radical (unpaired) electrons. The number of H-pyrrole nitrogens is 1. The minimum absolute atomic E-state index is 0.0902. The zero-order valence-corrected chi connectivity index (χ0v) is 15.3. The number of carbonyl (C=O) groups excluding carboxylic acids is 1. The summed E-state index contributed by atoms with van der Waals surface area (Å²) in [7, 11) is 1.67. The summed E-state index contributed by atoms with van der Waals surface area (Å²) < 4.78 is 11.4. The van der Waals surface area contributed by atoms with Gasteiger partial charge in [-0.15, -0.1) is 0 Å². The topological polar surface area (TPSA) is 54.6 Å². The van der Waals surface area contributed by atoms with Gasteiger partial charge in [0.25, 0.3) is 5.91 Å². The van der Waals surface area contributed by atoms with E-state index in [0.29, 0.717) is 6.54 Å². The van der Waals surface area contributed by atoms with Gasteiger partial charge in [0.05, 0.1) is 7.11 Å². The van der Waals surface area contributed by atoms with E-state index in [4.69, 9.17) is 9.47 Å². The van der Waals surface area contributed by atoms with Gasteiger partial charge in [0.2, 0.25) is 0 Å². The fourth-order valence-electron chi connectivity index (χ4n) is 4.21. The fraction of sp³-hybridized carbons (Fsp3) is 0.318. The summed E-state index contributed by atoms with van der Waals surface area (Å²) in [4.78, 5) is 18.6. The van der Waals surface area contributed by atoms with Crippen LogP contribution >= 0.6 is 0 Å². The van der Waals surface area contributed by atoms with Crippen LogP contribution in [0, 0.1) is 0 Å². The molecule has 0 aliphatic carbocycles. The van der Waals surface area contributed by atoms with Crippen molar-refractivity contribution in [2.24, 2.45) is 0 Å². The summed E-state index contributed by atoms with van der Waals surface area (Å²) in [5.41, 5.74) is 4.70. The van der Waals surface area contributed by atoms with Crippen molar-refractivity contribution < 1.29 is 14.3 Å². The molecule has 0 saturated carbocycles. The van der Waals surface area contributed by atoms with Crippen LogP contribution in [0.5, 0.6) is 11.5 Å². The van der Waals surface area contributed by atoms with E-state index in [2.05, 4.69) is 11.1 Å². The number of nitrogens with zero attached hydrogens (tertiary/aromatic N) is 1. The number of fused-ring (bicyclic) bond motifs is 4. The van der Waals surface area contributed by atoms with Gasteiger partial charge in [-0.25, -0.2) is 0 Å². The number of rotatable bonds is 2. The van der Waals surface area contributed by atoms with Crippen LogP contribution in [0.15, 0.2) is 42.5 Å². The van der Waals surface area contributed by atoms with Gasteiger partial charge in [0.15, 0.2) is 6.10 Å². The molecule has 27 heavy (non-hydrogen) atoms. The van der Waals surface area contributed by atoms with Crippen LogP contribution in [0.4, 0.5) is 0 Å². The third kappa shape index (κ3) is 2.74. The fourth-order valence-corrected chi connectivity index (χ4v) is 4.21.